The smallest absolute Gasteiger partial charge is 0.156 e. The van der Waals surface area contributed by atoms with E-state index in [9.17, 15) is 0 Å². The fraction of sp³-hybridized carbons (Fsp3) is 0.158. The van der Waals surface area contributed by atoms with Crippen molar-refractivity contribution in [1.82, 2.24) is 14.6 Å². The molecule has 4 aromatic rings. The summed E-state index contributed by atoms with van der Waals surface area (Å²) < 4.78 is 12.8. The van der Waals surface area contributed by atoms with Crippen molar-refractivity contribution in [3.63, 3.8) is 0 Å². The maximum atomic E-state index is 5.55. The Morgan fingerprint density at radius 1 is 0.958 bits per heavy atom. The van der Waals surface area contributed by atoms with Gasteiger partial charge in [-0.1, -0.05) is 18.2 Å². The summed E-state index contributed by atoms with van der Waals surface area (Å²) in [6.45, 7) is 1.97. The van der Waals surface area contributed by atoms with Crippen LogP contribution in [0.5, 0.6) is 11.5 Å². The van der Waals surface area contributed by atoms with E-state index in [1.807, 2.05) is 60.0 Å². The first-order valence-corrected chi connectivity index (χ1v) is 7.69. The van der Waals surface area contributed by atoms with Gasteiger partial charge in [-0.15, -0.1) is 0 Å². The molecular weight excluding hydrogens is 302 g/mol. The van der Waals surface area contributed by atoms with Crippen LogP contribution in [0.25, 0.3) is 27.8 Å². The molecule has 5 heteroatoms. The van der Waals surface area contributed by atoms with E-state index in [0.29, 0.717) is 0 Å². The number of aromatic nitrogens is 3. The van der Waals surface area contributed by atoms with Crippen molar-refractivity contribution in [2.24, 2.45) is 0 Å². The predicted molar refractivity (Wildman–Crippen MR) is 93.8 cm³/mol. The van der Waals surface area contributed by atoms with E-state index in [1.54, 1.807) is 14.2 Å². The fourth-order valence-corrected chi connectivity index (χ4v) is 2.98. The Labute approximate surface area is 139 Å². The molecule has 4 rings (SSSR count). The average Bonchev–Trinajstić information content (AvgIpc) is 3.01. The number of rotatable bonds is 3. The Morgan fingerprint density at radius 2 is 1.79 bits per heavy atom. The maximum Gasteiger partial charge on any atom is 0.156 e. The minimum atomic E-state index is 0.758. The summed E-state index contributed by atoms with van der Waals surface area (Å²) >= 11 is 0. The van der Waals surface area contributed by atoms with E-state index < -0.39 is 0 Å². The van der Waals surface area contributed by atoms with Gasteiger partial charge in [0.05, 0.1) is 31.1 Å². The fourth-order valence-electron chi connectivity index (χ4n) is 2.98. The Kier molecular flexibility index (Phi) is 3.34. The van der Waals surface area contributed by atoms with Crippen molar-refractivity contribution < 1.29 is 9.47 Å². The Morgan fingerprint density at radius 3 is 2.58 bits per heavy atom. The average molecular weight is 319 g/mol. The van der Waals surface area contributed by atoms with E-state index in [0.717, 1.165) is 45.0 Å². The molecule has 0 aliphatic carbocycles. The standard InChI is InChI=1S/C19H17N3O2/c1-12-10-18-20-19(14-6-4-5-7-16(14)22(18)21-12)15-11-13(23-2)8-9-17(15)24-3/h4-11H,1-3H3. The normalized spacial score (nSPS) is 11.1. The van der Waals surface area contributed by atoms with Crippen LogP contribution < -0.4 is 9.47 Å². The van der Waals surface area contributed by atoms with Crippen LogP contribution in [0.2, 0.25) is 0 Å². The highest BCUT2D eigenvalue weighted by molar-refractivity contribution is 5.95. The molecule has 0 radical (unpaired) electrons. The summed E-state index contributed by atoms with van der Waals surface area (Å²) in [4.78, 5) is 4.84. The van der Waals surface area contributed by atoms with E-state index in [2.05, 4.69) is 5.10 Å². The molecule has 0 amide bonds. The number of ether oxygens (including phenoxy) is 2. The third-order valence-corrected chi connectivity index (χ3v) is 4.09. The molecule has 2 heterocycles. The summed E-state index contributed by atoms with van der Waals surface area (Å²) in [7, 11) is 3.32. The number of fused-ring (bicyclic) bond motifs is 3. The van der Waals surface area contributed by atoms with Gasteiger partial charge in [-0.05, 0) is 31.2 Å². The third kappa shape index (κ3) is 2.17. The third-order valence-electron chi connectivity index (χ3n) is 4.09. The summed E-state index contributed by atoms with van der Waals surface area (Å²) in [6, 6.07) is 15.8. The molecule has 0 fully saturated rings. The van der Waals surface area contributed by atoms with E-state index in [1.165, 1.54) is 0 Å². The molecule has 0 aliphatic rings. The highest BCUT2D eigenvalue weighted by Crippen LogP contribution is 2.36. The van der Waals surface area contributed by atoms with Crippen LogP contribution in [0.15, 0.2) is 48.5 Å². The Bertz CT molecular complexity index is 1050. The lowest BCUT2D eigenvalue weighted by atomic mass is 10.0. The molecule has 24 heavy (non-hydrogen) atoms. The van der Waals surface area contributed by atoms with Gasteiger partial charge in [0, 0.05) is 17.0 Å². The number of methoxy groups -OCH3 is 2. The quantitative estimate of drug-likeness (QED) is 0.575. The molecule has 0 unspecified atom stereocenters. The van der Waals surface area contributed by atoms with Crippen LogP contribution in [0.1, 0.15) is 5.69 Å². The first-order valence-electron chi connectivity index (χ1n) is 7.69. The van der Waals surface area contributed by atoms with Crippen molar-refractivity contribution in [3.8, 4) is 22.8 Å². The first kappa shape index (κ1) is 14.5. The van der Waals surface area contributed by atoms with Gasteiger partial charge in [0.1, 0.15) is 11.5 Å². The Balaban J connectivity index is 2.12. The predicted octanol–water partition coefficient (Wildman–Crippen LogP) is 3.88. The molecule has 2 aromatic heterocycles. The van der Waals surface area contributed by atoms with Crippen LogP contribution in [-0.2, 0) is 0 Å². The maximum absolute atomic E-state index is 5.55. The lowest BCUT2D eigenvalue weighted by Gasteiger charge is -2.13. The van der Waals surface area contributed by atoms with Gasteiger partial charge in [-0.2, -0.15) is 5.10 Å². The van der Waals surface area contributed by atoms with Gasteiger partial charge in [0.25, 0.3) is 0 Å². The molecule has 0 bridgehead atoms. The molecule has 0 atom stereocenters. The largest absolute Gasteiger partial charge is 0.497 e. The minimum Gasteiger partial charge on any atom is -0.497 e. The molecule has 120 valence electrons. The van der Waals surface area contributed by atoms with Crippen LogP contribution in [0.3, 0.4) is 0 Å². The van der Waals surface area contributed by atoms with Crippen molar-refractivity contribution in [3.05, 3.63) is 54.2 Å². The summed E-state index contributed by atoms with van der Waals surface area (Å²) in [5.41, 5.74) is 4.51. The minimum absolute atomic E-state index is 0.758. The zero-order chi connectivity index (χ0) is 16.7. The number of nitrogens with zero attached hydrogens (tertiary/aromatic N) is 3. The second-order valence-electron chi connectivity index (χ2n) is 5.60. The molecule has 0 aliphatic heterocycles. The topological polar surface area (TPSA) is 48.7 Å². The summed E-state index contributed by atoms with van der Waals surface area (Å²) in [5.74, 6) is 1.52. The molecule has 0 saturated heterocycles. The highest BCUT2D eigenvalue weighted by atomic mass is 16.5. The number of aryl methyl sites for hydroxylation is 1. The second-order valence-corrected chi connectivity index (χ2v) is 5.60. The summed E-state index contributed by atoms with van der Waals surface area (Å²) in [6.07, 6.45) is 0. The summed E-state index contributed by atoms with van der Waals surface area (Å²) in [5, 5.41) is 5.56. The van der Waals surface area contributed by atoms with Gasteiger partial charge in [-0.3, -0.25) is 0 Å². The first-order chi connectivity index (χ1) is 11.7. The van der Waals surface area contributed by atoms with Gasteiger partial charge >= 0.3 is 0 Å². The lowest BCUT2D eigenvalue weighted by Crippen LogP contribution is -1.98. The van der Waals surface area contributed by atoms with Crippen LogP contribution in [-0.4, -0.2) is 28.8 Å². The van der Waals surface area contributed by atoms with Crippen molar-refractivity contribution in [1.29, 1.82) is 0 Å². The number of benzene rings is 2. The number of hydrogen-bond donors (Lipinski definition) is 0. The molecule has 0 N–H and O–H groups in total. The Hall–Kier alpha value is -3.08. The highest BCUT2D eigenvalue weighted by Gasteiger charge is 2.15. The van der Waals surface area contributed by atoms with Crippen molar-refractivity contribution in [2.45, 2.75) is 6.92 Å². The van der Waals surface area contributed by atoms with Crippen LogP contribution >= 0.6 is 0 Å². The molecule has 0 spiro atoms. The molecule has 0 saturated carbocycles. The molecule has 2 aromatic carbocycles. The van der Waals surface area contributed by atoms with Crippen LogP contribution in [0, 0.1) is 6.92 Å². The van der Waals surface area contributed by atoms with E-state index >= 15 is 0 Å². The molecular formula is C19H17N3O2. The van der Waals surface area contributed by atoms with Gasteiger partial charge in [-0.25, -0.2) is 9.50 Å². The van der Waals surface area contributed by atoms with Gasteiger partial charge in [0.15, 0.2) is 5.65 Å². The van der Waals surface area contributed by atoms with Gasteiger partial charge in [0.2, 0.25) is 0 Å². The van der Waals surface area contributed by atoms with E-state index in [-0.39, 0.29) is 0 Å². The van der Waals surface area contributed by atoms with Crippen molar-refractivity contribution >= 4 is 16.6 Å². The zero-order valence-corrected chi connectivity index (χ0v) is 13.8. The zero-order valence-electron chi connectivity index (χ0n) is 13.8. The lowest BCUT2D eigenvalue weighted by molar-refractivity contribution is 0.404. The molecule has 5 nitrogen and oxygen atoms in total. The van der Waals surface area contributed by atoms with Crippen LogP contribution in [0.4, 0.5) is 0 Å². The monoisotopic (exact) mass is 319 g/mol. The number of para-hydroxylation sites is 1. The van der Waals surface area contributed by atoms with Gasteiger partial charge < -0.3 is 9.47 Å². The van der Waals surface area contributed by atoms with Crippen molar-refractivity contribution in [2.75, 3.05) is 14.2 Å². The SMILES string of the molecule is COc1ccc(OC)c(-c2nc3cc(C)nn3c3ccccc23)c1. The second kappa shape index (κ2) is 5.53. The number of hydrogen-bond acceptors (Lipinski definition) is 4. The van der Waals surface area contributed by atoms with E-state index in [4.69, 9.17) is 14.5 Å².